The van der Waals surface area contributed by atoms with Crippen molar-refractivity contribution in [1.82, 2.24) is 0 Å². The number of sulfone groups is 1. The first-order valence-electron chi connectivity index (χ1n) is 6.86. The van der Waals surface area contributed by atoms with Crippen molar-refractivity contribution in [2.24, 2.45) is 0 Å². The number of esters is 1. The van der Waals surface area contributed by atoms with Crippen LogP contribution in [0.3, 0.4) is 0 Å². The maximum Gasteiger partial charge on any atom is 0.324 e. The van der Waals surface area contributed by atoms with Crippen molar-refractivity contribution >= 4 is 21.6 Å². The molecule has 21 heavy (non-hydrogen) atoms. The van der Waals surface area contributed by atoms with Crippen molar-refractivity contribution in [1.29, 1.82) is 0 Å². The summed E-state index contributed by atoms with van der Waals surface area (Å²) in [5.41, 5.74) is 0.426. The molecular weight excluding hydrogens is 292 g/mol. The van der Waals surface area contributed by atoms with Crippen LogP contribution in [0.15, 0.2) is 29.2 Å². The number of ether oxygens (including phenoxy) is 1. The Labute approximate surface area is 125 Å². The molecule has 0 spiro atoms. The highest BCUT2D eigenvalue weighted by Gasteiger charge is 2.33. The van der Waals surface area contributed by atoms with Crippen LogP contribution in [0.2, 0.25) is 0 Å². The number of carbonyl (C=O) groups excluding carboxylic acids is 2. The van der Waals surface area contributed by atoms with Gasteiger partial charge in [0, 0.05) is 5.56 Å². The lowest BCUT2D eigenvalue weighted by molar-refractivity contribution is -0.143. The minimum Gasteiger partial charge on any atom is -0.465 e. The van der Waals surface area contributed by atoms with E-state index in [1.54, 1.807) is 6.92 Å². The Morgan fingerprint density at radius 2 is 1.71 bits per heavy atom. The van der Waals surface area contributed by atoms with Crippen LogP contribution >= 0.6 is 0 Å². The Balaban J connectivity index is 3.06. The summed E-state index contributed by atoms with van der Waals surface area (Å²) in [6, 6.07) is 5.59. The van der Waals surface area contributed by atoms with Gasteiger partial charge in [-0.1, -0.05) is 26.0 Å². The van der Waals surface area contributed by atoms with Crippen molar-refractivity contribution < 1.29 is 22.7 Å². The zero-order valence-electron chi connectivity index (χ0n) is 12.5. The number of carbonyl (C=O) groups is 2. The summed E-state index contributed by atoms with van der Waals surface area (Å²) in [7, 11) is -3.81. The predicted octanol–water partition coefficient (Wildman–Crippen LogP) is 2.39. The van der Waals surface area contributed by atoms with E-state index in [2.05, 4.69) is 0 Å². The molecule has 0 amide bonds. The number of rotatable bonds is 7. The van der Waals surface area contributed by atoms with E-state index in [1.165, 1.54) is 31.2 Å². The quantitative estimate of drug-likeness (QED) is 0.570. The van der Waals surface area contributed by atoms with Gasteiger partial charge < -0.3 is 4.74 Å². The van der Waals surface area contributed by atoms with Gasteiger partial charge in [0.1, 0.15) is 0 Å². The molecule has 1 aromatic carbocycles. The standard InChI is InChI=1S/C15H20O5S/c1-4-10-20-15(17)14(5-2)21(18,19)13-8-6-12(7-9-13)11(3)16/h6-9,14H,4-5,10H2,1-3H3. The Hall–Kier alpha value is -1.69. The third kappa shape index (κ3) is 4.14. The van der Waals surface area contributed by atoms with Crippen LogP contribution < -0.4 is 0 Å². The van der Waals surface area contributed by atoms with E-state index < -0.39 is 21.1 Å². The Morgan fingerprint density at radius 3 is 2.14 bits per heavy atom. The summed E-state index contributed by atoms with van der Waals surface area (Å²) < 4.78 is 29.9. The molecule has 0 aliphatic carbocycles. The molecule has 1 rings (SSSR count). The summed E-state index contributed by atoms with van der Waals surface area (Å²) in [4.78, 5) is 23.1. The maximum absolute atomic E-state index is 12.5. The van der Waals surface area contributed by atoms with Crippen molar-refractivity contribution in [3.05, 3.63) is 29.8 Å². The average molecular weight is 312 g/mol. The average Bonchev–Trinajstić information content (AvgIpc) is 2.45. The summed E-state index contributed by atoms with van der Waals surface area (Å²) in [5, 5.41) is -1.22. The fourth-order valence-electron chi connectivity index (χ4n) is 1.85. The number of benzene rings is 1. The zero-order valence-corrected chi connectivity index (χ0v) is 13.3. The molecule has 0 aliphatic heterocycles. The van der Waals surface area contributed by atoms with Crippen LogP contribution in [0.4, 0.5) is 0 Å². The SMILES string of the molecule is CCCOC(=O)C(CC)S(=O)(=O)c1ccc(C(C)=O)cc1. The first-order valence-corrected chi connectivity index (χ1v) is 8.40. The van der Waals surface area contributed by atoms with Gasteiger partial charge in [-0.15, -0.1) is 0 Å². The van der Waals surface area contributed by atoms with Crippen LogP contribution in [-0.2, 0) is 19.4 Å². The number of hydrogen-bond donors (Lipinski definition) is 0. The zero-order chi connectivity index (χ0) is 16.0. The Bertz CT molecular complexity index is 601. The molecule has 1 atom stereocenters. The topological polar surface area (TPSA) is 77.5 Å². The molecule has 0 saturated heterocycles. The van der Waals surface area contributed by atoms with E-state index >= 15 is 0 Å². The molecule has 0 fully saturated rings. The summed E-state index contributed by atoms with van der Waals surface area (Å²) >= 11 is 0. The first kappa shape index (κ1) is 17.4. The second-order valence-corrected chi connectivity index (χ2v) is 6.82. The lowest BCUT2D eigenvalue weighted by Crippen LogP contribution is -2.31. The largest absolute Gasteiger partial charge is 0.465 e. The Kier molecular flexibility index (Phi) is 6.08. The highest BCUT2D eigenvalue weighted by atomic mass is 32.2. The molecule has 0 aliphatic rings. The van der Waals surface area contributed by atoms with Crippen LogP contribution in [0.1, 0.15) is 44.0 Å². The number of hydrogen-bond acceptors (Lipinski definition) is 5. The van der Waals surface area contributed by atoms with E-state index in [4.69, 9.17) is 4.74 Å². The van der Waals surface area contributed by atoms with Crippen molar-refractivity contribution in [2.75, 3.05) is 6.61 Å². The van der Waals surface area contributed by atoms with E-state index in [0.29, 0.717) is 12.0 Å². The molecule has 0 bridgehead atoms. The van der Waals surface area contributed by atoms with Gasteiger partial charge in [0.05, 0.1) is 11.5 Å². The summed E-state index contributed by atoms with van der Waals surface area (Å²) in [6.07, 6.45) is 0.773. The molecule has 0 N–H and O–H groups in total. The number of ketones is 1. The van der Waals surface area contributed by atoms with Gasteiger partial charge in [-0.05, 0) is 31.9 Å². The van der Waals surface area contributed by atoms with Gasteiger partial charge in [-0.25, -0.2) is 8.42 Å². The van der Waals surface area contributed by atoms with Gasteiger partial charge >= 0.3 is 5.97 Å². The van der Waals surface area contributed by atoms with Crippen molar-refractivity contribution in [2.45, 2.75) is 43.8 Å². The van der Waals surface area contributed by atoms with Crippen LogP contribution in [0.25, 0.3) is 0 Å². The smallest absolute Gasteiger partial charge is 0.324 e. The molecule has 5 nitrogen and oxygen atoms in total. The molecular formula is C15H20O5S. The van der Waals surface area contributed by atoms with Crippen LogP contribution in [-0.4, -0.2) is 32.0 Å². The second kappa shape index (κ2) is 7.36. The summed E-state index contributed by atoms with van der Waals surface area (Å²) in [5.74, 6) is -0.872. The molecule has 0 saturated carbocycles. The predicted molar refractivity (Wildman–Crippen MR) is 79.0 cm³/mol. The minimum absolute atomic E-state index is 0.0211. The van der Waals surface area contributed by atoms with E-state index in [9.17, 15) is 18.0 Å². The minimum atomic E-state index is -3.81. The molecule has 0 radical (unpaired) electrons. The molecule has 116 valence electrons. The maximum atomic E-state index is 12.5. The Morgan fingerprint density at radius 1 is 1.14 bits per heavy atom. The fourth-order valence-corrected chi connectivity index (χ4v) is 3.46. The highest BCUT2D eigenvalue weighted by molar-refractivity contribution is 7.92. The molecule has 1 aromatic rings. The van der Waals surface area contributed by atoms with E-state index in [1.807, 2.05) is 6.92 Å². The summed E-state index contributed by atoms with van der Waals surface area (Å²) in [6.45, 7) is 5.07. The molecule has 0 heterocycles. The lowest BCUT2D eigenvalue weighted by Gasteiger charge is -2.15. The van der Waals surface area contributed by atoms with Crippen LogP contribution in [0, 0.1) is 0 Å². The van der Waals surface area contributed by atoms with E-state index in [0.717, 1.165) is 0 Å². The second-order valence-electron chi connectivity index (χ2n) is 4.69. The number of Topliss-reactive ketones (excluding diaryl/α,β-unsaturated/α-hetero) is 1. The molecule has 0 aromatic heterocycles. The monoisotopic (exact) mass is 312 g/mol. The highest BCUT2D eigenvalue weighted by Crippen LogP contribution is 2.20. The van der Waals surface area contributed by atoms with Gasteiger partial charge in [-0.3, -0.25) is 9.59 Å². The molecule has 6 heteroatoms. The van der Waals surface area contributed by atoms with Gasteiger partial charge in [0.15, 0.2) is 20.9 Å². The first-order chi connectivity index (χ1) is 9.84. The fraction of sp³-hybridized carbons (Fsp3) is 0.467. The van der Waals surface area contributed by atoms with E-state index in [-0.39, 0.29) is 23.7 Å². The third-order valence-electron chi connectivity index (χ3n) is 3.05. The lowest BCUT2D eigenvalue weighted by atomic mass is 10.2. The van der Waals surface area contributed by atoms with Gasteiger partial charge in [-0.2, -0.15) is 0 Å². The third-order valence-corrected chi connectivity index (χ3v) is 5.25. The van der Waals surface area contributed by atoms with Crippen molar-refractivity contribution in [3.8, 4) is 0 Å². The normalized spacial score (nSPS) is 12.7. The molecule has 1 unspecified atom stereocenters. The van der Waals surface area contributed by atoms with Crippen LogP contribution in [0.5, 0.6) is 0 Å². The van der Waals surface area contributed by atoms with Gasteiger partial charge in [0.25, 0.3) is 0 Å². The van der Waals surface area contributed by atoms with Crippen molar-refractivity contribution in [3.63, 3.8) is 0 Å². The van der Waals surface area contributed by atoms with Gasteiger partial charge in [0.2, 0.25) is 0 Å².